The van der Waals surface area contributed by atoms with Gasteiger partial charge in [-0.2, -0.15) is 5.26 Å². The summed E-state index contributed by atoms with van der Waals surface area (Å²) in [6, 6.07) is 1.45. The van der Waals surface area contributed by atoms with E-state index in [1.54, 1.807) is 0 Å². The van der Waals surface area contributed by atoms with Gasteiger partial charge in [0, 0.05) is 10.7 Å². The third-order valence-corrected chi connectivity index (χ3v) is 2.96. The van der Waals surface area contributed by atoms with E-state index in [1.807, 2.05) is 0 Å². The predicted octanol–water partition coefficient (Wildman–Crippen LogP) is 1.73. The summed E-state index contributed by atoms with van der Waals surface area (Å²) < 4.78 is 47.1. The van der Waals surface area contributed by atoms with E-state index in [9.17, 15) is 27.3 Å². The maximum absolute atomic E-state index is 12.6. The summed E-state index contributed by atoms with van der Waals surface area (Å²) in [6.45, 7) is 0. The molecular weight excluding hydrogens is 296 g/mol. The molecule has 0 amide bonds. The number of nitro groups is 1. The van der Waals surface area contributed by atoms with E-state index in [1.165, 1.54) is 6.07 Å². The highest BCUT2D eigenvalue weighted by molar-refractivity contribution is 8.13. The molecule has 1 heterocycles. The van der Waals surface area contributed by atoms with Gasteiger partial charge in [-0.25, -0.2) is 22.2 Å². The highest BCUT2D eigenvalue weighted by Gasteiger charge is 2.30. The molecule has 1 aromatic heterocycles. The van der Waals surface area contributed by atoms with E-state index >= 15 is 0 Å². The quantitative estimate of drug-likeness (QED) is 0.477. The standard InChI is InChI=1S/C7H2ClF2N3O4S/c8-18(16,17)5-1-3(7(9)10)6(13(14)15)4(2-11)12-5/h1,7H. The van der Waals surface area contributed by atoms with Crippen molar-refractivity contribution in [3.05, 3.63) is 27.4 Å². The van der Waals surface area contributed by atoms with Crippen molar-refractivity contribution in [2.45, 2.75) is 11.5 Å². The highest BCUT2D eigenvalue weighted by atomic mass is 35.7. The second-order valence-electron chi connectivity index (χ2n) is 2.85. The first-order valence-corrected chi connectivity index (χ1v) is 6.31. The highest BCUT2D eigenvalue weighted by Crippen LogP contribution is 2.33. The van der Waals surface area contributed by atoms with Crippen molar-refractivity contribution >= 4 is 25.4 Å². The van der Waals surface area contributed by atoms with Crippen LogP contribution < -0.4 is 0 Å². The Morgan fingerprint density at radius 1 is 1.56 bits per heavy atom. The zero-order valence-electron chi connectivity index (χ0n) is 8.17. The first kappa shape index (κ1) is 14.2. The van der Waals surface area contributed by atoms with Crippen molar-refractivity contribution < 1.29 is 22.1 Å². The van der Waals surface area contributed by atoms with E-state index < -0.39 is 42.4 Å². The smallest absolute Gasteiger partial charge is 0.258 e. The molecule has 0 aliphatic rings. The number of nitriles is 1. The number of hydrogen-bond donors (Lipinski definition) is 0. The van der Waals surface area contributed by atoms with Crippen LogP contribution in [0.5, 0.6) is 0 Å². The average Bonchev–Trinajstić information content (AvgIpc) is 2.25. The molecule has 0 spiro atoms. The largest absolute Gasteiger partial charge is 0.314 e. The Labute approximate surface area is 103 Å². The van der Waals surface area contributed by atoms with Gasteiger partial charge in [0.1, 0.15) is 11.6 Å². The maximum atomic E-state index is 12.6. The Bertz CT molecular complexity index is 655. The summed E-state index contributed by atoms with van der Waals surface area (Å²) in [5.41, 5.74) is -3.51. The number of nitrogens with zero attached hydrogens (tertiary/aromatic N) is 3. The molecule has 1 rings (SSSR count). The number of aromatic nitrogens is 1. The monoisotopic (exact) mass is 297 g/mol. The van der Waals surface area contributed by atoms with Crippen molar-refractivity contribution in [1.29, 1.82) is 5.26 Å². The molecule has 0 saturated carbocycles. The summed E-state index contributed by atoms with van der Waals surface area (Å²) in [5.74, 6) is 0. The Hall–Kier alpha value is -1.86. The molecule has 0 aliphatic carbocycles. The SMILES string of the molecule is N#Cc1nc(S(=O)(=O)Cl)cc(C(F)F)c1[N+](=O)[O-]. The molecular formula is C7H2ClF2N3O4S. The molecule has 0 fully saturated rings. The molecule has 1 aromatic rings. The normalized spacial score (nSPS) is 11.3. The van der Waals surface area contributed by atoms with Gasteiger partial charge >= 0.3 is 5.69 Å². The molecule has 0 unspecified atom stereocenters. The third-order valence-electron chi connectivity index (χ3n) is 1.77. The van der Waals surface area contributed by atoms with Crippen molar-refractivity contribution in [2.24, 2.45) is 0 Å². The molecule has 0 atom stereocenters. The van der Waals surface area contributed by atoms with E-state index in [4.69, 9.17) is 15.9 Å². The van der Waals surface area contributed by atoms with Gasteiger partial charge in [-0.1, -0.05) is 0 Å². The van der Waals surface area contributed by atoms with Gasteiger partial charge in [-0.05, 0) is 6.07 Å². The minimum atomic E-state index is -4.48. The number of hydrogen-bond acceptors (Lipinski definition) is 6. The molecule has 0 aliphatic heterocycles. The molecule has 11 heteroatoms. The summed E-state index contributed by atoms with van der Waals surface area (Å²) in [4.78, 5) is 12.4. The topological polar surface area (TPSA) is 114 Å². The summed E-state index contributed by atoms with van der Waals surface area (Å²) in [6.07, 6.45) is -3.35. The first-order valence-electron chi connectivity index (χ1n) is 4.00. The van der Waals surface area contributed by atoms with Crippen LogP contribution in [0.15, 0.2) is 11.1 Å². The number of pyridine rings is 1. The zero-order chi connectivity index (χ0) is 14.1. The molecule has 0 N–H and O–H groups in total. The van der Waals surface area contributed by atoms with Gasteiger partial charge in [-0.15, -0.1) is 0 Å². The lowest BCUT2D eigenvalue weighted by Crippen LogP contribution is -2.06. The van der Waals surface area contributed by atoms with Crippen LogP contribution in [0, 0.1) is 21.4 Å². The van der Waals surface area contributed by atoms with Crippen molar-refractivity contribution in [3.8, 4) is 6.07 Å². The van der Waals surface area contributed by atoms with Gasteiger partial charge < -0.3 is 0 Å². The Morgan fingerprint density at radius 3 is 2.44 bits per heavy atom. The second kappa shape index (κ2) is 4.79. The van der Waals surface area contributed by atoms with Crippen LogP contribution in [0.2, 0.25) is 0 Å². The summed E-state index contributed by atoms with van der Waals surface area (Å²) in [7, 11) is 0.402. The Kier molecular flexibility index (Phi) is 3.78. The molecule has 18 heavy (non-hydrogen) atoms. The van der Waals surface area contributed by atoms with E-state index in [0.29, 0.717) is 0 Å². The summed E-state index contributed by atoms with van der Waals surface area (Å²) in [5, 5.41) is 18.1. The zero-order valence-corrected chi connectivity index (χ0v) is 9.74. The fourth-order valence-electron chi connectivity index (χ4n) is 1.09. The Balaban J connectivity index is 3.77. The lowest BCUT2D eigenvalue weighted by atomic mass is 10.2. The van der Waals surface area contributed by atoms with Crippen LogP contribution in [0.1, 0.15) is 17.7 Å². The van der Waals surface area contributed by atoms with Crippen LogP contribution in [0.4, 0.5) is 14.5 Å². The lowest BCUT2D eigenvalue weighted by Gasteiger charge is -2.04. The lowest BCUT2D eigenvalue weighted by molar-refractivity contribution is -0.386. The average molecular weight is 298 g/mol. The molecule has 7 nitrogen and oxygen atoms in total. The Morgan fingerprint density at radius 2 is 2.11 bits per heavy atom. The molecule has 96 valence electrons. The van der Waals surface area contributed by atoms with Gasteiger partial charge in [0.15, 0.2) is 5.03 Å². The fraction of sp³-hybridized carbons (Fsp3) is 0.143. The van der Waals surface area contributed by atoms with Gasteiger partial charge in [0.05, 0.1) is 4.92 Å². The van der Waals surface area contributed by atoms with Crippen molar-refractivity contribution in [2.75, 3.05) is 0 Å². The maximum Gasteiger partial charge on any atom is 0.314 e. The van der Waals surface area contributed by atoms with Crippen molar-refractivity contribution in [3.63, 3.8) is 0 Å². The van der Waals surface area contributed by atoms with Crippen LogP contribution in [0.3, 0.4) is 0 Å². The van der Waals surface area contributed by atoms with Crippen LogP contribution in [-0.4, -0.2) is 18.3 Å². The summed E-state index contributed by atoms with van der Waals surface area (Å²) >= 11 is 0. The number of alkyl halides is 2. The van der Waals surface area contributed by atoms with Gasteiger partial charge in [-0.3, -0.25) is 10.1 Å². The number of halogens is 3. The van der Waals surface area contributed by atoms with E-state index in [0.717, 1.165) is 0 Å². The fourth-order valence-corrected chi connectivity index (χ4v) is 1.80. The second-order valence-corrected chi connectivity index (χ2v) is 5.37. The van der Waals surface area contributed by atoms with Gasteiger partial charge in [0.25, 0.3) is 15.5 Å². The molecule has 0 radical (unpaired) electrons. The molecule has 0 bridgehead atoms. The minimum Gasteiger partial charge on any atom is -0.258 e. The predicted molar refractivity (Wildman–Crippen MR) is 53.6 cm³/mol. The number of rotatable bonds is 3. The molecule has 0 aromatic carbocycles. The first-order chi connectivity index (χ1) is 8.18. The van der Waals surface area contributed by atoms with E-state index in [2.05, 4.69) is 4.98 Å². The minimum absolute atomic E-state index is 0.270. The van der Waals surface area contributed by atoms with Crippen LogP contribution >= 0.6 is 10.7 Å². The van der Waals surface area contributed by atoms with Crippen LogP contribution in [-0.2, 0) is 9.05 Å². The van der Waals surface area contributed by atoms with Crippen molar-refractivity contribution in [1.82, 2.24) is 4.98 Å². The van der Waals surface area contributed by atoms with E-state index in [-0.39, 0.29) is 6.07 Å². The third kappa shape index (κ3) is 2.69. The van der Waals surface area contributed by atoms with Gasteiger partial charge in [0.2, 0.25) is 5.69 Å². The van der Waals surface area contributed by atoms with Crippen LogP contribution in [0.25, 0.3) is 0 Å². The molecule has 0 saturated heterocycles.